The van der Waals surface area contributed by atoms with Crippen LogP contribution in [0.5, 0.6) is 0 Å². The van der Waals surface area contributed by atoms with Gasteiger partial charge in [0.05, 0.1) is 24.2 Å². The largest absolute Gasteiger partial charge is 0.462 e. The summed E-state index contributed by atoms with van der Waals surface area (Å²) in [6.07, 6.45) is 5.14. The molecule has 0 aromatic heterocycles. The SMILES string of the molecule is CCc1ccccc1CC[C@]1(O)C(C)=C[C@@H](OC(C)=O)[C@]2(C)C3[C@H](OC(C)=O)[C@H](OC(C)=O)[C@@]4(C(C)OC(C)=O)COCC=CC4[C@]3(C)CCC21. The second-order valence-electron chi connectivity index (χ2n) is 15.8. The Morgan fingerprint density at radius 3 is 2.22 bits per heavy atom. The number of rotatable bonds is 9. The van der Waals surface area contributed by atoms with Crippen molar-refractivity contribution in [2.24, 2.45) is 34.0 Å². The van der Waals surface area contributed by atoms with Crippen molar-refractivity contribution >= 4 is 23.9 Å². The molecule has 1 N–H and O–H groups in total. The average molecular weight is 709 g/mol. The number of benzene rings is 1. The first-order valence-corrected chi connectivity index (χ1v) is 18.4. The first kappa shape index (κ1) is 38.7. The number of fused-ring (bicyclic) bond motifs is 5. The second-order valence-corrected chi connectivity index (χ2v) is 15.8. The van der Waals surface area contributed by atoms with E-state index in [2.05, 4.69) is 32.1 Å². The Kier molecular flexibility index (Phi) is 11.0. The van der Waals surface area contributed by atoms with Gasteiger partial charge in [-0.2, -0.15) is 0 Å². The molecule has 4 aliphatic rings. The van der Waals surface area contributed by atoms with Gasteiger partial charge in [0.1, 0.15) is 18.3 Å². The highest BCUT2D eigenvalue weighted by Gasteiger charge is 2.76. The summed E-state index contributed by atoms with van der Waals surface area (Å²) in [7, 11) is 0. The molecule has 280 valence electrons. The minimum atomic E-state index is -1.30. The monoisotopic (exact) mass is 708 g/mol. The Labute approximate surface area is 302 Å². The van der Waals surface area contributed by atoms with Gasteiger partial charge >= 0.3 is 23.9 Å². The van der Waals surface area contributed by atoms with Gasteiger partial charge in [0.25, 0.3) is 0 Å². The van der Waals surface area contributed by atoms with Gasteiger partial charge in [-0.1, -0.05) is 57.2 Å². The van der Waals surface area contributed by atoms with E-state index in [4.69, 9.17) is 23.7 Å². The normalized spacial score (nSPS) is 37.6. The van der Waals surface area contributed by atoms with Crippen molar-refractivity contribution in [3.63, 3.8) is 0 Å². The Balaban J connectivity index is 1.77. The molecule has 10 heteroatoms. The summed E-state index contributed by atoms with van der Waals surface area (Å²) >= 11 is 0. The third-order valence-electron chi connectivity index (χ3n) is 13.0. The number of esters is 4. The summed E-state index contributed by atoms with van der Waals surface area (Å²) in [6, 6.07) is 8.26. The predicted octanol–water partition coefficient (Wildman–Crippen LogP) is 5.86. The van der Waals surface area contributed by atoms with E-state index >= 15 is 0 Å². The Bertz CT molecular complexity index is 1580. The maximum Gasteiger partial charge on any atom is 0.303 e. The Morgan fingerprint density at radius 1 is 0.961 bits per heavy atom. The van der Waals surface area contributed by atoms with Crippen molar-refractivity contribution in [2.75, 3.05) is 13.2 Å². The molecular formula is C41H56O10. The van der Waals surface area contributed by atoms with Crippen molar-refractivity contribution < 1.29 is 48.0 Å². The van der Waals surface area contributed by atoms with Gasteiger partial charge in [0.2, 0.25) is 0 Å². The molecule has 5 rings (SSSR count). The molecule has 1 heterocycles. The molecule has 0 spiro atoms. The zero-order chi connectivity index (χ0) is 37.5. The lowest BCUT2D eigenvalue weighted by atomic mass is 9.35. The van der Waals surface area contributed by atoms with E-state index in [0.29, 0.717) is 25.7 Å². The van der Waals surface area contributed by atoms with Crippen LogP contribution in [-0.4, -0.2) is 72.2 Å². The number of hydrogen-bond acceptors (Lipinski definition) is 10. The standard InChI is InChI=1S/C41H56O10/c1-10-30-14-11-12-15-31(30)17-20-41(46)24(2)22-34(49-27(5)43)39(9)33(41)18-19-38(8)32-16-13-21-47-23-40(32,25(3)48-26(4)42)37(51-29(7)45)35(36(38)39)50-28(6)44/h11-16,22,25,32-37,46H,10,17-21,23H2,1-9H3/t25?,32?,33?,34-,35+,36?,37+,38+,39-,40-,41+/m1/s1. The molecule has 2 saturated carbocycles. The smallest absolute Gasteiger partial charge is 0.303 e. The van der Waals surface area contributed by atoms with E-state index in [-0.39, 0.29) is 13.2 Å². The number of ether oxygens (including phenoxy) is 5. The van der Waals surface area contributed by atoms with Crippen LogP contribution in [0.4, 0.5) is 0 Å². The zero-order valence-electron chi connectivity index (χ0n) is 31.7. The third-order valence-corrected chi connectivity index (χ3v) is 13.0. The molecular weight excluding hydrogens is 652 g/mol. The quantitative estimate of drug-likeness (QED) is 0.189. The molecule has 11 atom stereocenters. The summed E-state index contributed by atoms with van der Waals surface area (Å²) in [5.74, 6) is -3.61. The van der Waals surface area contributed by atoms with Crippen molar-refractivity contribution in [3.05, 3.63) is 59.2 Å². The van der Waals surface area contributed by atoms with Crippen molar-refractivity contribution in [2.45, 2.75) is 124 Å². The topological polar surface area (TPSA) is 135 Å². The summed E-state index contributed by atoms with van der Waals surface area (Å²) in [4.78, 5) is 51.7. The van der Waals surface area contributed by atoms with E-state index in [0.717, 1.165) is 12.0 Å². The van der Waals surface area contributed by atoms with E-state index in [1.54, 1.807) is 6.92 Å². The molecule has 4 unspecified atom stereocenters. The van der Waals surface area contributed by atoms with Crippen LogP contribution in [0.1, 0.15) is 92.7 Å². The number of carbonyl (C=O) groups excluding carboxylic acids is 4. The molecule has 0 radical (unpaired) electrons. The fourth-order valence-electron chi connectivity index (χ4n) is 11.0. The molecule has 2 fully saturated rings. The molecule has 51 heavy (non-hydrogen) atoms. The van der Waals surface area contributed by atoms with Crippen LogP contribution in [0, 0.1) is 34.0 Å². The summed E-state index contributed by atoms with van der Waals surface area (Å²) < 4.78 is 30.9. The van der Waals surface area contributed by atoms with Crippen LogP contribution in [0.3, 0.4) is 0 Å². The average Bonchev–Trinajstić information content (AvgIpc) is 3.28. The maximum absolute atomic E-state index is 13.2. The maximum atomic E-state index is 13.2. The third kappa shape index (κ3) is 6.56. The van der Waals surface area contributed by atoms with Crippen molar-refractivity contribution in [1.29, 1.82) is 0 Å². The van der Waals surface area contributed by atoms with E-state index in [9.17, 15) is 24.3 Å². The summed E-state index contributed by atoms with van der Waals surface area (Å²) in [5.41, 5.74) is -1.07. The van der Waals surface area contributed by atoms with Crippen molar-refractivity contribution in [3.8, 4) is 0 Å². The molecule has 1 aromatic rings. The van der Waals surface area contributed by atoms with E-state index < -0.39 is 87.9 Å². The molecule has 1 aromatic carbocycles. The molecule has 1 aliphatic heterocycles. The number of allylic oxidation sites excluding steroid dienone is 1. The number of aliphatic hydroxyl groups is 1. The molecule has 0 bridgehead atoms. The molecule has 0 amide bonds. The first-order chi connectivity index (χ1) is 24.0. The first-order valence-electron chi connectivity index (χ1n) is 18.4. The van der Waals surface area contributed by atoms with Crippen LogP contribution in [0.25, 0.3) is 0 Å². The highest BCUT2D eigenvalue weighted by Crippen LogP contribution is 2.72. The van der Waals surface area contributed by atoms with Gasteiger partial charge in [-0.25, -0.2) is 0 Å². The number of carbonyl (C=O) groups is 4. The lowest BCUT2D eigenvalue weighted by Crippen LogP contribution is -2.76. The Hall–Kier alpha value is -3.50. The number of hydrogen-bond donors (Lipinski definition) is 1. The fourth-order valence-corrected chi connectivity index (χ4v) is 11.0. The highest BCUT2D eigenvalue weighted by atomic mass is 16.6. The van der Waals surface area contributed by atoms with Crippen molar-refractivity contribution in [1.82, 2.24) is 0 Å². The molecule has 10 nitrogen and oxygen atoms in total. The fraction of sp³-hybridized carbons (Fsp3) is 0.659. The van der Waals surface area contributed by atoms with Crippen LogP contribution in [0.15, 0.2) is 48.1 Å². The summed E-state index contributed by atoms with van der Waals surface area (Å²) in [6.45, 7) is 15.6. The lowest BCUT2D eigenvalue weighted by molar-refractivity contribution is -0.304. The van der Waals surface area contributed by atoms with Gasteiger partial charge < -0.3 is 28.8 Å². The second kappa shape index (κ2) is 14.5. The van der Waals surface area contributed by atoms with Gasteiger partial charge in [-0.3, -0.25) is 19.2 Å². The minimum Gasteiger partial charge on any atom is -0.462 e. The van der Waals surface area contributed by atoms with E-state index in [1.807, 2.05) is 38.1 Å². The van der Waals surface area contributed by atoms with Crippen LogP contribution < -0.4 is 0 Å². The van der Waals surface area contributed by atoms with Gasteiger partial charge in [0.15, 0.2) is 6.10 Å². The van der Waals surface area contributed by atoms with E-state index in [1.165, 1.54) is 38.8 Å². The summed E-state index contributed by atoms with van der Waals surface area (Å²) in [5, 5.41) is 13.1. The van der Waals surface area contributed by atoms with Crippen LogP contribution in [-0.2, 0) is 55.7 Å². The number of aryl methyl sites for hydroxylation is 2. The van der Waals surface area contributed by atoms with Crippen LogP contribution >= 0.6 is 0 Å². The molecule has 3 aliphatic carbocycles. The predicted molar refractivity (Wildman–Crippen MR) is 189 cm³/mol. The molecule has 0 saturated heterocycles. The zero-order valence-corrected chi connectivity index (χ0v) is 31.7. The highest BCUT2D eigenvalue weighted by molar-refractivity contribution is 5.68. The Morgan fingerprint density at radius 2 is 1.61 bits per heavy atom. The van der Waals surface area contributed by atoms with Crippen LogP contribution in [0.2, 0.25) is 0 Å². The lowest BCUT2D eigenvalue weighted by Gasteiger charge is -2.71. The van der Waals surface area contributed by atoms with Gasteiger partial charge in [-0.05, 0) is 80.1 Å². The minimum absolute atomic E-state index is 0.0600. The van der Waals surface area contributed by atoms with Gasteiger partial charge in [-0.15, -0.1) is 0 Å². The van der Waals surface area contributed by atoms with Gasteiger partial charge in [0, 0.05) is 44.9 Å².